The minimum Gasteiger partial charge on any atom is -0.305 e. The normalized spacial score (nSPS) is 12.4. The van der Waals surface area contributed by atoms with Crippen molar-refractivity contribution < 1.29 is 8.42 Å². The summed E-state index contributed by atoms with van der Waals surface area (Å²) in [6.07, 6.45) is 1.41. The maximum atomic E-state index is 11.5. The molecule has 5 heteroatoms. The van der Waals surface area contributed by atoms with Crippen LogP contribution < -0.4 is 0 Å². The van der Waals surface area contributed by atoms with Gasteiger partial charge in [-0.2, -0.15) is 0 Å². The second-order valence-corrected chi connectivity index (χ2v) is 5.41. The minimum absolute atomic E-state index is 0.0132. The summed E-state index contributed by atoms with van der Waals surface area (Å²) in [5.74, 6) is 0.0132. The maximum Gasteiger partial charge on any atom is 0.217 e. The lowest BCUT2D eigenvalue weighted by molar-refractivity contribution is 0.321. The zero-order chi connectivity index (χ0) is 11.2. The fourth-order valence-electron chi connectivity index (χ4n) is 0.885. The van der Waals surface area contributed by atoms with Gasteiger partial charge in [0.05, 0.1) is 5.75 Å². The second kappa shape index (κ2) is 6.16. The van der Waals surface area contributed by atoms with E-state index in [0.717, 1.165) is 13.1 Å². The Bertz CT molecular complexity index is 262. The van der Waals surface area contributed by atoms with Crippen LogP contribution in [0.25, 0.3) is 0 Å². The number of nitrogens with zero attached hydrogens (tertiary/aromatic N) is 2. The van der Waals surface area contributed by atoms with Crippen LogP contribution in [0.5, 0.6) is 0 Å². The van der Waals surface area contributed by atoms with E-state index in [-0.39, 0.29) is 5.75 Å². The van der Waals surface area contributed by atoms with Gasteiger partial charge in [-0.15, -0.1) is 6.58 Å². The SMILES string of the molecule is C=CCS(=O)(=O)N(C)CCN(C)CC. The Morgan fingerprint density at radius 1 is 1.29 bits per heavy atom. The van der Waals surface area contributed by atoms with Crippen molar-refractivity contribution in [3.05, 3.63) is 12.7 Å². The van der Waals surface area contributed by atoms with Gasteiger partial charge in [-0.3, -0.25) is 0 Å². The van der Waals surface area contributed by atoms with E-state index in [2.05, 4.69) is 11.5 Å². The van der Waals surface area contributed by atoms with Crippen molar-refractivity contribution in [1.82, 2.24) is 9.21 Å². The van der Waals surface area contributed by atoms with E-state index in [4.69, 9.17) is 0 Å². The molecule has 0 aromatic heterocycles. The fourth-order valence-corrected chi connectivity index (χ4v) is 1.80. The van der Waals surface area contributed by atoms with E-state index >= 15 is 0 Å². The molecular weight excluding hydrogens is 200 g/mol. The van der Waals surface area contributed by atoms with Crippen LogP contribution in [0, 0.1) is 0 Å². The molecule has 0 saturated heterocycles. The summed E-state index contributed by atoms with van der Waals surface area (Å²) in [5, 5.41) is 0. The van der Waals surface area contributed by atoms with Crippen LogP contribution in [0.3, 0.4) is 0 Å². The third-order valence-corrected chi connectivity index (χ3v) is 3.93. The van der Waals surface area contributed by atoms with Gasteiger partial charge in [-0.05, 0) is 13.6 Å². The molecule has 0 heterocycles. The first kappa shape index (κ1) is 13.6. The van der Waals surface area contributed by atoms with Gasteiger partial charge in [-0.25, -0.2) is 12.7 Å². The monoisotopic (exact) mass is 220 g/mol. The van der Waals surface area contributed by atoms with Crippen LogP contribution in [-0.2, 0) is 10.0 Å². The van der Waals surface area contributed by atoms with Crippen LogP contribution in [0.15, 0.2) is 12.7 Å². The van der Waals surface area contributed by atoms with Gasteiger partial charge in [0.15, 0.2) is 0 Å². The van der Waals surface area contributed by atoms with E-state index in [9.17, 15) is 8.42 Å². The highest BCUT2D eigenvalue weighted by Crippen LogP contribution is 1.98. The van der Waals surface area contributed by atoms with Gasteiger partial charge in [0.1, 0.15) is 0 Å². The molecule has 0 spiro atoms. The first-order chi connectivity index (χ1) is 6.44. The molecule has 0 fully saturated rings. The lowest BCUT2D eigenvalue weighted by Crippen LogP contribution is -2.35. The van der Waals surface area contributed by atoms with Crippen molar-refractivity contribution in [3.63, 3.8) is 0 Å². The summed E-state index contributed by atoms with van der Waals surface area (Å²) >= 11 is 0. The molecular formula is C9H20N2O2S. The van der Waals surface area contributed by atoms with Gasteiger partial charge in [0.2, 0.25) is 10.0 Å². The standard InChI is InChI=1S/C9H20N2O2S/c1-5-9-14(12,13)11(4)8-7-10(3)6-2/h5H,1,6-9H2,2-4H3. The number of sulfonamides is 1. The third kappa shape index (κ3) is 4.74. The van der Waals surface area contributed by atoms with Gasteiger partial charge >= 0.3 is 0 Å². The van der Waals surface area contributed by atoms with Gasteiger partial charge < -0.3 is 4.90 Å². The Morgan fingerprint density at radius 2 is 1.86 bits per heavy atom. The number of hydrogen-bond acceptors (Lipinski definition) is 3. The first-order valence-corrected chi connectivity index (χ1v) is 6.28. The van der Waals surface area contributed by atoms with E-state index in [1.165, 1.54) is 10.4 Å². The highest BCUT2D eigenvalue weighted by atomic mass is 32.2. The molecule has 4 nitrogen and oxygen atoms in total. The molecule has 0 N–H and O–H groups in total. The molecule has 0 aromatic rings. The number of likely N-dealkylation sites (N-methyl/N-ethyl adjacent to an activating group) is 2. The second-order valence-electron chi connectivity index (χ2n) is 3.28. The molecule has 0 aliphatic rings. The maximum absolute atomic E-state index is 11.5. The lowest BCUT2D eigenvalue weighted by atomic mass is 10.5. The number of rotatable bonds is 7. The quantitative estimate of drug-likeness (QED) is 0.583. The highest BCUT2D eigenvalue weighted by molar-refractivity contribution is 7.89. The van der Waals surface area contributed by atoms with Gasteiger partial charge in [-0.1, -0.05) is 13.0 Å². The topological polar surface area (TPSA) is 40.6 Å². The van der Waals surface area contributed by atoms with Crippen molar-refractivity contribution in [2.24, 2.45) is 0 Å². The molecule has 0 amide bonds. The smallest absolute Gasteiger partial charge is 0.217 e. The Morgan fingerprint density at radius 3 is 2.29 bits per heavy atom. The van der Waals surface area contributed by atoms with E-state index in [0.29, 0.717) is 6.54 Å². The van der Waals surface area contributed by atoms with Crippen molar-refractivity contribution in [2.45, 2.75) is 6.92 Å². The number of hydrogen-bond donors (Lipinski definition) is 0. The van der Waals surface area contributed by atoms with Crippen molar-refractivity contribution >= 4 is 10.0 Å². The molecule has 0 rings (SSSR count). The predicted octanol–water partition coefficient (Wildman–Crippen LogP) is 0.386. The molecule has 0 aliphatic carbocycles. The van der Waals surface area contributed by atoms with Crippen LogP contribution in [0.2, 0.25) is 0 Å². The molecule has 0 aliphatic heterocycles. The fraction of sp³-hybridized carbons (Fsp3) is 0.778. The lowest BCUT2D eigenvalue weighted by Gasteiger charge is -2.20. The highest BCUT2D eigenvalue weighted by Gasteiger charge is 2.15. The molecule has 0 radical (unpaired) electrons. The zero-order valence-corrected chi connectivity index (χ0v) is 10.0. The summed E-state index contributed by atoms with van der Waals surface area (Å²) in [6, 6.07) is 0. The Labute approximate surface area is 87.2 Å². The molecule has 0 aromatic carbocycles. The molecule has 0 bridgehead atoms. The van der Waals surface area contributed by atoms with Crippen LogP contribution in [-0.4, -0.2) is 57.1 Å². The van der Waals surface area contributed by atoms with Crippen LogP contribution >= 0.6 is 0 Å². The summed E-state index contributed by atoms with van der Waals surface area (Å²) in [7, 11) is 0.440. The van der Waals surface area contributed by atoms with Crippen molar-refractivity contribution in [3.8, 4) is 0 Å². The predicted molar refractivity (Wildman–Crippen MR) is 59.8 cm³/mol. The molecule has 0 atom stereocenters. The third-order valence-electron chi connectivity index (χ3n) is 2.14. The Hall–Kier alpha value is -0.390. The summed E-state index contributed by atoms with van der Waals surface area (Å²) in [5.41, 5.74) is 0. The van der Waals surface area contributed by atoms with E-state index < -0.39 is 10.0 Å². The first-order valence-electron chi connectivity index (χ1n) is 4.67. The molecule has 14 heavy (non-hydrogen) atoms. The van der Waals surface area contributed by atoms with Crippen molar-refractivity contribution in [2.75, 3.05) is 39.5 Å². The average Bonchev–Trinajstić information content (AvgIpc) is 2.13. The molecule has 0 unspecified atom stereocenters. The van der Waals surface area contributed by atoms with Crippen molar-refractivity contribution in [1.29, 1.82) is 0 Å². The Kier molecular flexibility index (Phi) is 5.99. The molecule has 84 valence electrons. The molecule has 0 saturated carbocycles. The summed E-state index contributed by atoms with van der Waals surface area (Å²) in [6.45, 7) is 7.67. The Balaban J connectivity index is 4.07. The minimum atomic E-state index is -3.13. The zero-order valence-electron chi connectivity index (χ0n) is 9.23. The van der Waals surface area contributed by atoms with Gasteiger partial charge in [0.25, 0.3) is 0 Å². The van der Waals surface area contributed by atoms with Crippen LogP contribution in [0.1, 0.15) is 6.92 Å². The van der Waals surface area contributed by atoms with E-state index in [1.54, 1.807) is 7.05 Å². The average molecular weight is 220 g/mol. The van der Waals surface area contributed by atoms with Crippen LogP contribution in [0.4, 0.5) is 0 Å². The van der Waals surface area contributed by atoms with Gasteiger partial charge in [0, 0.05) is 20.1 Å². The summed E-state index contributed by atoms with van der Waals surface area (Å²) < 4.78 is 24.3. The van der Waals surface area contributed by atoms with E-state index in [1.807, 2.05) is 14.0 Å². The summed E-state index contributed by atoms with van der Waals surface area (Å²) in [4.78, 5) is 2.07. The largest absolute Gasteiger partial charge is 0.305 e.